The Balaban J connectivity index is 0.000000478. The minimum Gasteiger partial charge on any atom is -0.480 e. The zero-order chi connectivity index (χ0) is 64.3. The number of carbonyl (C=O) groups excluding carboxylic acids is 1. The predicted molar refractivity (Wildman–Crippen MR) is 305 cm³/mol. The van der Waals surface area contributed by atoms with Gasteiger partial charge in [-0.3, -0.25) is 53.3 Å². The van der Waals surface area contributed by atoms with Crippen LogP contribution in [-0.4, -0.2) is 237 Å². The average molecular weight is 1220 g/mol. The Morgan fingerprint density at radius 2 is 0.788 bits per heavy atom. The third kappa shape index (κ3) is 32.7. The monoisotopic (exact) mass is 1220 g/mol. The fourth-order valence-electron chi connectivity index (χ4n) is 9.63. The number of nitrogens with one attached hydrogen (secondary N) is 9. The lowest BCUT2D eigenvalue weighted by Gasteiger charge is -2.18. The average Bonchev–Trinajstić information content (AvgIpc) is 4.41. The SMILES string of the molecule is CC[C@@H]1CN[C@H](C(=O)O)C1.CC[C@H]1CN[C@H](C(=O)O)C1.C[C@@H]1CN[C@H](C(=O)O)C1.C[C@H]1CN[C@H](C(=O)O)C1.N[C@@H]1CN[C@H](C(=O)O)C1.N[C@H]1CN[C@H](C(=O)O)C1.O=C(O)[C@@H]1CCCCN1.O=C1CN[C@H](C(=O)O)C1.[N-]=[N+]=N[C@H]1CN[C@H](C(=O)O)C1. The van der Waals surface area contributed by atoms with Crippen molar-refractivity contribution >= 4 is 59.5 Å². The molecule has 0 aromatic carbocycles. The molecule has 0 saturated carbocycles. The number of carbonyl (C=O) groups is 10. The molecule has 9 aliphatic rings. The smallest absolute Gasteiger partial charge is 0.321 e. The molecular formula is C52H94N14O19. The van der Waals surface area contributed by atoms with E-state index in [1.54, 1.807) is 0 Å². The lowest BCUT2D eigenvalue weighted by Crippen LogP contribution is -2.40. The minimum atomic E-state index is -0.944. The van der Waals surface area contributed by atoms with E-state index in [0.717, 1.165) is 90.5 Å². The van der Waals surface area contributed by atoms with E-state index in [-0.39, 0.29) is 67.1 Å². The topological polar surface area (TPSA) is 562 Å². The van der Waals surface area contributed by atoms with Crippen LogP contribution < -0.4 is 59.3 Å². The van der Waals surface area contributed by atoms with Crippen LogP contribution >= 0.6 is 0 Å². The molecule has 33 nitrogen and oxygen atoms in total. The van der Waals surface area contributed by atoms with E-state index in [1.807, 2.05) is 0 Å². The van der Waals surface area contributed by atoms with Crippen LogP contribution in [0.15, 0.2) is 5.11 Å². The van der Waals surface area contributed by atoms with Crippen LogP contribution in [0.1, 0.15) is 111 Å². The maximum Gasteiger partial charge on any atom is 0.321 e. The van der Waals surface area contributed by atoms with Gasteiger partial charge in [0.1, 0.15) is 60.2 Å². The summed E-state index contributed by atoms with van der Waals surface area (Å²) in [5, 5.41) is 105. The summed E-state index contributed by atoms with van der Waals surface area (Å²) < 4.78 is 0. The van der Waals surface area contributed by atoms with Gasteiger partial charge in [0.05, 0.1) is 12.6 Å². The molecule has 9 saturated heterocycles. The quantitative estimate of drug-likeness (QED) is 0.0565. The highest BCUT2D eigenvalue weighted by Crippen LogP contribution is 2.18. The van der Waals surface area contributed by atoms with Gasteiger partial charge in [-0.15, -0.1) is 0 Å². The first-order valence-corrected chi connectivity index (χ1v) is 28.7. The van der Waals surface area contributed by atoms with E-state index in [1.165, 1.54) is 0 Å². The molecule has 0 radical (unpaired) electrons. The largest absolute Gasteiger partial charge is 0.480 e. The van der Waals surface area contributed by atoms with Gasteiger partial charge >= 0.3 is 53.7 Å². The number of piperidine rings is 1. The third-order valence-electron chi connectivity index (χ3n) is 14.9. The zero-order valence-electron chi connectivity index (χ0n) is 48.9. The summed E-state index contributed by atoms with van der Waals surface area (Å²) in [5.41, 5.74) is 18.9. The number of hydrogen-bond acceptors (Lipinski definition) is 22. The Morgan fingerprint density at radius 1 is 0.447 bits per heavy atom. The second-order valence-electron chi connectivity index (χ2n) is 22.2. The molecule has 33 heteroatoms. The van der Waals surface area contributed by atoms with Gasteiger partial charge in [0.25, 0.3) is 0 Å². The predicted octanol–water partition coefficient (Wildman–Crippen LogP) is -2.10. The van der Waals surface area contributed by atoms with Crippen molar-refractivity contribution in [3.05, 3.63) is 10.4 Å². The number of carboxylic acid groups (broad SMARTS) is 9. The molecule has 9 rings (SSSR count). The normalized spacial score (nSPS) is 32.0. The van der Waals surface area contributed by atoms with Crippen LogP contribution in [0, 0.1) is 23.7 Å². The Morgan fingerprint density at radius 3 is 0.988 bits per heavy atom. The van der Waals surface area contributed by atoms with Crippen LogP contribution in [0.2, 0.25) is 0 Å². The van der Waals surface area contributed by atoms with E-state index in [0.29, 0.717) is 62.6 Å². The lowest BCUT2D eigenvalue weighted by atomic mass is 10.0. The van der Waals surface area contributed by atoms with Gasteiger partial charge in [-0.05, 0) is 120 Å². The van der Waals surface area contributed by atoms with Crippen molar-refractivity contribution < 1.29 is 93.9 Å². The van der Waals surface area contributed by atoms with Crippen molar-refractivity contribution in [1.82, 2.24) is 47.9 Å². The van der Waals surface area contributed by atoms with Gasteiger partial charge in [-0.25, -0.2) is 0 Å². The molecule has 0 aromatic heterocycles. The summed E-state index contributed by atoms with van der Waals surface area (Å²) >= 11 is 0. The number of Topliss-reactive ketones (excluding diaryl/α,β-unsaturated/α-hetero) is 1. The number of hydrogen-bond donors (Lipinski definition) is 20. The highest BCUT2D eigenvalue weighted by molar-refractivity contribution is 5.90. The van der Waals surface area contributed by atoms with Crippen molar-refractivity contribution in [1.29, 1.82) is 0 Å². The molecule has 0 aliphatic carbocycles. The van der Waals surface area contributed by atoms with Gasteiger partial charge in [-0.2, -0.15) is 0 Å². The van der Waals surface area contributed by atoms with Crippen LogP contribution in [0.5, 0.6) is 0 Å². The Kier molecular flexibility index (Phi) is 37.7. The maximum atomic E-state index is 10.4. The van der Waals surface area contributed by atoms with E-state index >= 15 is 0 Å². The van der Waals surface area contributed by atoms with Crippen molar-refractivity contribution in [2.45, 2.75) is 184 Å². The molecule has 85 heavy (non-hydrogen) atoms. The summed E-state index contributed by atoms with van der Waals surface area (Å²) in [6, 6.07) is -3.63. The fraction of sp³-hybridized carbons (Fsp3) is 0.808. The highest BCUT2D eigenvalue weighted by Gasteiger charge is 2.32. The molecule has 486 valence electrons. The second-order valence-corrected chi connectivity index (χ2v) is 22.2. The third-order valence-corrected chi connectivity index (χ3v) is 14.9. The number of nitrogens with two attached hydrogens (primary N) is 2. The van der Waals surface area contributed by atoms with E-state index in [9.17, 15) is 47.9 Å². The van der Waals surface area contributed by atoms with Crippen molar-refractivity contribution in [3.8, 4) is 0 Å². The molecule has 22 N–H and O–H groups in total. The summed E-state index contributed by atoms with van der Waals surface area (Å²) in [6.45, 7) is 14.5. The first kappa shape index (κ1) is 76.8. The Bertz CT molecular complexity index is 1990. The molecule has 0 bridgehead atoms. The van der Waals surface area contributed by atoms with E-state index in [4.69, 9.17) is 63.0 Å². The van der Waals surface area contributed by atoms with Crippen molar-refractivity contribution in [3.63, 3.8) is 0 Å². The molecule has 0 aromatic rings. The number of carboxylic acids is 9. The van der Waals surface area contributed by atoms with Crippen LogP contribution in [-0.2, 0) is 47.9 Å². The molecule has 0 unspecified atom stereocenters. The minimum absolute atomic E-state index is 0.0195. The summed E-state index contributed by atoms with van der Waals surface area (Å²) in [6.07, 6.45) is 9.87. The number of aliphatic carboxylic acids is 9. The molecule has 16 atom stereocenters. The van der Waals surface area contributed by atoms with E-state index < -0.39 is 77.9 Å². The Labute approximate surface area is 493 Å². The standard InChI is InChI=1S/2C7H13NO2.3C6H11NO2.C5H8N4O2.2C5H10N2O2.C5H7NO3/c2*1-2-5-3-6(7(9)10)8-4-5;2*1-4-2-5(6(8)9)7-3-4;8-6(9)5-3-1-2-4-7-5;6-9-8-3-1-4(5(10)11)7-2-3;2*6-3-1-4(5(8)9)7-2-3;7-3-1-4(5(8)9)6-2-3/h2*5-6,8H,2-4H2,1H3,(H,9,10);2*4-5,7H,2-3H2,1H3,(H,8,9);5,7H,1-4H2,(H,8,9);3-4,7H,1-2H2,(H,10,11);2*3-4,7H,1-2,6H2,(H,8,9);4,6H,1-2H2,(H,8,9)/t5-,6+;5-,6-;4-,5+;4-,5-;5-;2*3-,4+;3-,4-;4-/m101001100/s1. The molecular weight excluding hydrogens is 1120 g/mol. The van der Waals surface area contributed by atoms with Crippen molar-refractivity contribution in [2.75, 3.05) is 58.9 Å². The second kappa shape index (κ2) is 41.8. The first-order valence-electron chi connectivity index (χ1n) is 28.7. The summed E-state index contributed by atoms with van der Waals surface area (Å²) in [7, 11) is 0. The van der Waals surface area contributed by atoms with Crippen LogP contribution in [0.4, 0.5) is 0 Å². The van der Waals surface area contributed by atoms with Gasteiger partial charge in [0, 0.05) is 43.1 Å². The molecule has 0 amide bonds. The maximum absolute atomic E-state index is 10.4. The van der Waals surface area contributed by atoms with Crippen LogP contribution in [0.25, 0.3) is 10.4 Å². The summed E-state index contributed by atoms with van der Waals surface area (Å²) in [5.74, 6) is -4.87. The van der Waals surface area contributed by atoms with Crippen LogP contribution in [0.3, 0.4) is 0 Å². The van der Waals surface area contributed by atoms with Gasteiger partial charge in [0.2, 0.25) is 0 Å². The molecule has 0 spiro atoms. The number of nitrogens with zero attached hydrogens (tertiary/aromatic N) is 3. The fourth-order valence-corrected chi connectivity index (χ4v) is 9.63. The van der Waals surface area contributed by atoms with E-state index in [2.05, 4.69) is 85.6 Å². The highest BCUT2D eigenvalue weighted by atomic mass is 16.4. The Hall–Kier alpha value is -6.23. The van der Waals surface area contributed by atoms with Crippen molar-refractivity contribution in [2.24, 2.45) is 40.3 Å². The zero-order valence-corrected chi connectivity index (χ0v) is 48.9. The van der Waals surface area contributed by atoms with Gasteiger partial charge in [-0.1, -0.05) is 52.1 Å². The first-order chi connectivity index (χ1) is 40.0. The molecule has 9 aliphatic heterocycles. The number of azide groups is 1. The molecule has 9 fully saturated rings. The summed E-state index contributed by atoms with van der Waals surface area (Å²) in [4.78, 5) is 106. The van der Waals surface area contributed by atoms with Gasteiger partial charge in [0.15, 0.2) is 0 Å². The number of ketones is 1. The molecule has 9 heterocycles. The number of rotatable bonds is 12. The lowest BCUT2D eigenvalue weighted by molar-refractivity contribution is -0.140. The van der Waals surface area contributed by atoms with Gasteiger partial charge < -0.3 is 100.0 Å².